The predicted octanol–water partition coefficient (Wildman–Crippen LogP) is 3.10. The Kier molecular flexibility index (Phi) is 10.2. The highest BCUT2D eigenvalue weighted by Gasteiger charge is 2.38. The van der Waals surface area contributed by atoms with Crippen LogP contribution in [0.5, 0.6) is 0 Å². The molecule has 2 saturated heterocycles. The number of ether oxygens (including phenoxy) is 3. The van der Waals surface area contributed by atoms with Crippen LogP contribution in [0.2, 0.25) is 0 Å². The first-order chi connectivity index (χ1) is 20.2. The number of nitro benzene ring substituents is 2. The van der Waals surface area contributed by atoms with Crippen LogP contribution >= 0.6 is 0 Å². The van der Waals surface area contributed by atoms with Crippen LogP contribution < -0.4 is 0 Å². The number of carbonyl (C=O) groups excluding carboxylic acids is 3. The van der Waals surface area contributed by atoms with Gasteiger partial charge < -0.3 is 19.1 Å². The molecule has 42 heavy (non-hydrogen) atoms. The molecule has 1 atom stereocenters. The van der Waals surface area contributed by atoms with Gasteiger partial charge in [-0.1, -0.05) is 0 Å². The Morgan fingerprint density at radius 2 is 1.31 bits per heavy atom. The van der Waals surface area contributed by atoms with Gasteiger partial charge in [0.2, 0.25) is 5.91 Å². The highest BCUT2D eigenvalue weighted by molar-refractivity contribution is 5.86. The highest BCUT2D eigenvalue weighted by atomic mass is 16.7. The highest BCUT2D eigenvalue weighted by Crippen LogP contribution is 2.22. The lowest BCUT2D eigenvalue weighted by atomic mass is 10.1. The molecular weight excluding hydrogens is 554 g/mol. The molecule has 15 heteroatoms. The van der Waals surface area contributed by atoms with Crippen LogP contribution in [-0.2, 0) is 32.2 Å². The van der Waals surface area contributed by atoms with Gasteiger partial charge >= 0.3 is 12.2 Å². The number of hydrogen-bond acceptors (Lipinski definition) is 11. The van der Waals surface area contributed by atoms with Crippen molar-refractivity contribution in [2.24, 2.45) is 0 Å². The number of nitro groups is 2. The summed E-state index contributed by atoms with van der Waals surface area (Å²) >= 11 is 0. The van der Waals surface area contributed by atoms with E-state index >= 15 is 0 Å². The van der Waals surface area contributed by atoms with E-state index in [4.69, 9.17) is 14.2 Å². The number of nitrogens with zero attached hydrogens (tertiary/aromatic N) is 5. The van der Waals surface area contributed by atoms with Gasteiger partial charge in [0.25, 0.3) is 11.4 Å². The van der Waals surface area contributed by atoms with Gasteiger partial charge in [-0.3, -0.25) is 34.8 Å². The maximum atomic E-state index is 13.2. The van der Waals surface area contributed by atoms with E-state index in [2.05, 4.69) is 4.90 Å². The minimum atomic E-state index is -0.844. The van der Waals surface area contributed by atoms with E-state index in [1.54, 1.807) is 4.90 Å². The van der Waals surface area contributed by atoms with Gasteiger partial charge in [-0.25, -0.2) is 9.59 Å². The molecule has 1 unspecified atom stereocenters. The number of benzene rings is 2. The predicted molar refractivity (Wildman–Crippen MR) is 145 cm³/mol. The molecule has 2 aliphatic heterocycles. The van der Waals surface area contributed by atoms with Gasteiger partial charge in [-0.05, 0) is 48.2 Å². The van der Waals surface area contributed by atoms with Crippen LogP contribution in [0, 0.1) is 20.2 Å². The third-order valence-corrected chi connectivity index (χ3v) is 7.10. The lowest BCUT2D eigenvalue weighted by molar-refractivity contribution is -0.385. The fourth-order valence-corrected chi connectivity index (χ4v) is 4.74. The molecule has 0 spiro atoms. The average Bonchev–Trinajstić information content (AvgIpc) is 3.49. The molecule has 2 aliphatic rings. The van der Waals surface area contributed by atoms with Crippen LogP contribution in [0.15, 0.2) is 48.5 Å². The molecule has 2 heterocycles. The van der Waals surface area contributed by atoms with Gasteiger partial charge in [0, 0.05) is 63.5 Å². The molecule has 0 N–H and O–H groups in total. The summed E-state index contributed by atoms with van der Waals surface area (Å²) in [6, 6.07) is 10.8. The summed E-state index contributed by atoms with van der Waals surface area (Å²) in [5.41, 5.74) is 1.09. The van der Waals surface area contributed by atoms with E-state index in [-0.39, 0.29) is 37.1 Å². The minimum Gasteiger partial charge on any atom is -0.445 e. The summed E-state index contributed by atoms with van der Waals surface area (Å²) in [7, 11) is 0. The monoisotopic (exact) mass is 585 g/mol. The Morgan fingerprint density at radius 3 is 1.86 bits per heavy atom. The van der Waals surface area contributed by atoms with Crippen LogP contribution in [0.25, 0.3) is 0 Å². The number of likely N-dealkylation sites (tertiary alicyclic amines) is 1. The molecule has 4 rings (SSSR count). The molecule has 2 fully saturated rings. The van der Waals surface area contributed by atoms with Crippen molar-refractivity contribution in [2.45, 2.75) is 32.1 Å². The first-order valence-corrected chi connectivity index (χ1v) is 13.4. The number of carbonyl (C=O) groups is 3. The topological polar surface area (TPSA) is 175 Å². The zero-order valence-electron chi connectivity index (χ0n) is 22.8. The van der Waals surface area contributed by atoms with Gasteiger partial charge in [-0.15, -0.1) is 0 Å². The van der Waals surface area contributed by atoms with Crippen molar-refractivity contribution in [1.82, 2.24) is 14.7 Å². The smallest absolute Gasteiger partial charge is 0.445 e. The van der Waals surface area contributed by atoms with E-state index in [1.807, 2.05) is 0 Å². The molecule has 0 radical (unpaired) electrons. The van der Waals surface area contributed by atoms with Crippen molar-refractivity contribution in [2.75, 3.05) is 45.9 Å². The molecule has 0 saturated carbocycles. The molecule has 15 nitrogen and oxygen atoms in total. The second kappa shape index (κ2) is 14.2. The van der Waals surface area contributed by atoms with E-state index in [0.717, 1.165) is 0 Å². The van der Waals surface area contributed by atoms with Crippen LogP contribution in [0.4, 0.5) is 21.0 Å². The molecule has 2 amide bonds. The zero-order chi connectivity index (χ0) is 30.1. The lowest BCUT2D eigenvalue weighted by Gasteiger charge is -2.37. The summed E-state index contributed by atoms with van der Waals surface area (Å²) in [5.74, 6) is -0.134. The van der Waals surface area contributed by atoms with Gasteiger partial charge in [0.05, 0.1) is 9.85 Å². The van der Waals surface area contributed by atoms with Gasteiger partial charge in [0.15, 0.2) is 0 Å². The zero-order valence-corrected chi connectivity index (χ0v) is 22.8. The first-order valence-electron chi connectivity index (χ1n) is 13.4. The number of amides is 2. The van der Waals surface area contributed by atoms with Crippen LogP contribution in [0.1, 0.15) is 24.0 Å². The van der Waals surface area contributed by atoms with Gasteiger partial charge in [0.1, 0.15) is 25.9 Å². The maximum absolute atomic E-state index is 13.2. The fraction of sp³-hybridized carbons (Fsp3) is 0.444. The molecule has 2 aromatic carbocycles. The molecule has 224 valence electrons. The van der Waals surface area contributed by atoms with Gasteiger partial charge in [-0.2, -0.15) is 0 Å². The quantitative estimate of drug-likeness (QED) is 0.228. The summed E-state index contributed by atoms with van der Waals surface area (Å²) in [5, 5.41) is 21.5. The largest absolute Gasteiger partial charge is 0.508 e. The molecule has 0 aliphatic carbocycles. The molecule has 2 aromatic rings. The third kappa shape index (κ3) is 8.13. The second-order valence-corrected chi connectivity index (χ2v) is 9.81. The van der Waals surface area contributed by atoms with Crippen molar-refractivity contribution in [3.8, 4) is 0 Å². The number of rotatable bonds is 10. The molecule has 0 bridgehead atoms. The van der Waals surface area contributed by atoms with Crippen molar-refractivity contribution >= 4 is 29.5 Å². The van der Waals surface area contributed by atoms with E-state index in [0.29, 0.717) is 63.2 Å². The van der Waals surface area contributed by atoms with Crippen LogP contribution in [-0.4, -0.2) is 94.6 Å². The van der Waals surface area contributed by atoms with E-state index in [9.17, 15) is 34.6 Å². The van der Waals surface area contributed by atoms with E-state index in [1.165, 1.54) is 53.4 Å². The van der Waals surface area contributed by atoms with Crippen molar-refractivity contribution in [3.05, 3.63) is 79.9 Å². The van der Waals surface area contributed by atoms with Crippen molar-refractivity contribution < 1.29 is 38.4 Å². The minimum absolute atomic E-state index is 0.0527. The Labute approximate surface area is 240 Å². The average molecular weight is 586 g/mol. The summed E-state index contributed by atoms with van der Waals surface area (Å²) in [6.07, 6.45) is -0.216. The van der Waals surface area contributed by atoms with Crippen LogP contribution in [0.3, 0.4) is 0 Å². The third-order valence-electron chi connectivity index (χ3n) is 7.10. The summed E-state index contributed by atoms with van der Waals surface area (Å²) < 4.78 is 15.5. The summed E-state index contributed by atoms with van der Waals surface area (Å²) in [4.78, 5) is 63.5. The number of hydrogen-bond donors (Lipinski definition) is 0. The molecule has 0 aromatic heterocycles. The Bertz CT molecular complexity index is 1280. The Balaban J connectivity index is 1.14. The van der Waals surface area contributed by atoms with Crippen molar-refractivity contribution in [3.63, 3.8) is 0 Å². The van der Waals surface area contributed by atoms with Crippen molar-refractivity contribution in [1.29, 1.82) is 0 Å². The molecular formula is C27H31N5O10. The SMILES string of the molecule is O=C(OCCN1CCN(C(=O)C2CCCN2C(=O)OCc2ccc([N+](=O)[O-])cc2)CC1)OCc1ccc([N+](=O)[O-])cc1. The standard InChI is InChI=1S/C27H31N5O10/c33-25(24-2-1-11-30(24)26(34)41-18-20-3-7-22(8-4-20)31(36)37)29-14-12-28(13-15-29)16-17-40-27(35)42-19-21-5-9-23(10-6-21)32(38)39/h3-10,24H,1-2,11-19H2. The Hall–Kier alpha value is -4.79. The first kappa shape index (κ1) is 30.2. The normalized spacial score (nSPS) is 17.0. The lowest BCUT2D eigenvalue weighted by Crippen LogP contribution is -2.54. The van der Waals surface area contributed by atoms with E-state index < -0.39 is 28.1 Å². The Morgan fingerprint density at radius 1 is 0.762 bits per heavy atom. The maximum Gasteiger partial charge on any atom is 0.508 e. The summed E-state index contributed by atoms with van der Waals surface area (Å²) in [6.45, 7) is 2.92. The number of piperazine rings is 1. The fourth-order valence-electron chi connectivity index (χ4n) is 4.74. The number of non-ortho nitro benzene ring substituents is 2. The second-order valence-electron chi connectivity index (χ2n) is 9.81.